The van der Waals surface area contributed by atoms with Gasteiger partial charge in [-0.2, -0.15) is 0 Å². The summed E-state index contributed by atoms with van der Waals surface area (Å²) in [7, 11) is 0. The number of fused-ring (bicyclic) bond motifs is 2. The van der Waals surface area contributed by atoms with Gasteiger partial charge in [-0.05, 0) is 13.0 Å². The predicted molar refractivity (Wildman–Crippen MR) is 103 cm³/mol. The van der Waals surface area contributed by atoms with Crippen molar-refractivity contribution in [3.63, 3.8) is 0 Å². The molecule has 0 amide bonds. The molecule has 2 aromatic heterocycles. The van der Waals surface area contributed by atoms with Crippen molar-refractivity contribution in [2.24, 2.45) is 4.99 Å². The van der Waals surface area contributed by atoms with Crippen LogP contribution in [0.15, 0.2) is 46.3 Å². The second kappa shape index (κ2) is 6.24. The quantitative estimate of drug-likeness (QED) is 0.686. The third-order valence-electron chi connectivity index (χ3n) is 5.00. The molecule has 0 aliphatic carbocycles. The van der Waals surface area contributed by atoms with Gasteiger partial charge in [0.1, 0.15) is 0 Å². The van der Waals surface area contributed by atoms with Crippen molar-refractivity contribution in [3.8, 4) is 0 Å². The largest absolute Gasteiger partial charge is 0.378 e. The number of morpholine rings is 1. The maximum atomic E-state index is 12.8. The Bertz CT molecular complexity index is 1090. The van der Waals surface area contributed by atoms with Crippen molar-refractivity contribution < 1.29 is 4.74 Å². The van der Waals surface area contributed by atoms with E-state index in [0.717, 1.165) is 35.5 Å². The Labute approximate surface area is 155 Å². The van der Waals surface area contributed by atoms with Crippen LogP contribution in [0.25, 0.3) is 10.9 Å². The highest BCUT2D eigenvalue weighted by Crippen LogP contribution is 2.31. The molecule has 2 N–H and O–H groups in total. The SMILES string of the molecule is Cc1cc(=O)n2c(n1)NC(N1CCOCC1)=N[C@@H]2c1c[nH]c2ccccc12. The van der Waals surface area contributed by atoms with E-state index in [4.69, 9.17) is 9.73 Å². The van der Waals surface area contributed by atoms with Gasteiger partial charge >= 0.3 is 0 Å². The first-order valence-electron chi connectivity index (χ1n) is 9.04. The lowest BCUT2D eigenvalue weighted by atomic mass is 10.1. The molecule has 0 bridgehead atoms. The molecule has 0 saturated carbocycles. The summed E-state index contributed by atoms with van der Waals surface area (Å²) in [5, 5.41) is 4.30. The number of anilines is 1. The molecule has 1 fully saturated rings. The van der Waals surface area contributed by atoms with Crippen LogP contribution in [0.1, 0.15) is 17.4 Å². The third kappa shape index (κ3) is 2.69. The van der Waals surface area contributed by atoms with E-state index in [1.54, 1.807) is 10.6 Å². The Morgan fingerprint density at radius 2 is 2.04 bits per heavy atom. The lowest BCUT2D eigenvalue weighted by molar-refractivity contribution is 0.0675. The van der Waals surface area contributed by atoms with Crippen molar-refractivity contribution in [3.05, 3.63) is 58.1 Å². The highest BCUT2D eigenvalue weighted by Gasteiger charge is 2.29. The normalized spacial score (nSPS) is 19.5. The summed E-state index contributed by atoms with van der Waals surface area (Å²) in [6, 6.07) is 9.58. The molecule has 1 saturated heterocycles. The van der Waals surface area contributed by atoms with Crippen LogP contribution in [-0.4, -0.2) is 51.7 Å². The fourth-order valence-electron chi connectivity index (χ4n) is 3.69. The molecule has 1 atom stereocenters. The first-order chi connectivity index (χ1) is 13.2. The number of aromatic amines is 1. The van der Waals surface area contributed by atoms with Gasteiger partial charge in [0.2, 0.25) is 11.9 Å². The molecule has 2 aliphatic rings. The van der Waals surface area contributed by atoms with Crippen LogP contribution in [0.3, 0.4) is 0 Å². The Kier molecular flexibility index (Phi) is 3.71. The molecule has 27 heavy (non-hydrogen) atoms. The fraction of sp³-hybridized carbons (Fsp3) is 0.316. The number of nitrogens with one attached hydrogen (secondary N) is 2. The highest BCUT2D eigenvalue weighted by molar-refractivity contribution is 5.94. The minimum absolute atomic E-state index is 0.120. The Morgan fingerprint density at radius 3 is 2.89 bits per heavy atom. The Balaban J connectivity index is 1.69. The van der Waals surface area contributed by atoms with E-state index in [2.05, 4.69) is 20.2 Å². The summed E-state index contributed by atoms with van der Waals surface area (Å²) in [5.74, 6) is 1.25. The van der Waals surface area contributed by atoms with Crippen molar-refractivity contribution in [1.82, 2.24) is 19.4 Å². The van der Waals surface area contributed by atoms with Gasteiger partial charge in [0.15, 0.2) is 6.17 Å². The summed E-state index contributed by atoms with van der Waals surface area (Å²) in [5.41, 5.74) is 2.53. The van der Waals surface area contributed by atoms with Crippen molar-refractivity contribution in [2.45, 2.75) is 13.1 Å². The summed E-state index contributed by atoms with van der Waals surface area (Å²) in [4.78, 5) is 27.7. The third-order valence-corrected chi connectivity index (χ3v) is 5.00. The Morgan fingerprint density at radius 1 is 1.22 bits per heavy atom. The van der Waals surface area contributed by atoms with Crippen LogP contribution in [0.4, 0.5) is 5.95 Å². The second-order valence-corrected chi connectivity index (χ2v) is 6.77. The van der Waals surface area contributed by atoms with E-state index in [1.165, 1.54) is 0 Å². The molecule has 8 heteroatoms. The number of aromatic nitrogens is 3. The zero-order valence-electron chi connectivity index (χ0n) is 15.0. The number of hydrogen-bond donors (Lipinski definition) is 2. The first kappa shape index (κ1) is 16.1. The molecule has 138 valence electrons. The zero-order valence-corrected chi connectivity index (χ0v) is 15.0. The minimum Gasteiger partial charge on any atom is -0.378 e. The molecular weight excluding hydrogens is 344 g/mol. The topological polar surface area (TPSA) is 87.5 Å². The predicted octanol–water partition coefficient (Wildman–Crippen LogP) is 1.69. The van der Waals surface area contributed by atoms with Gasteiger partial charge in [-0.25, -0.2) is 9.98 Å². The second-order valence-electron chi connectivity index (χ2n) is 6.77. The summed E-state index contributed by atoms with van der Waals surface area (Å²) >= 11 is 0. The standard InChI is InChI=1S/C19H20N6O2/c1-12-10-16(26)25-17(14-11-20-15-5-3-2-4-13(14)15)22-18(23-19(25)21-12)24-6-8-27-9-7-24/h2-5,10-11,17,20H,6-9H2,1H3,(H,21,22,23)/t17-/m0/s1. The van der Waals surface area contributed by atoms with Gasteiger partial charge in [0.05, 0.1) is 13.2 Å². The molecule has 0 unspecified atom stereocenters. The number of benzene rings is 1. The fourth-order valence-corrected chi connectivity index (χ4v) is 3.69. The average molecular weight is 364 g/mol. The van der Waals surface area contributed by atoms with Crippen LogP contribution in [0.2, 0.25) is 0 Å². The maximum Gasteiger partial charge on any atom is 0.257 e. The van der Waals surface area contributed by atoms with E-state index in [0.29, 0.717) is 24.9 Å². The van der Waals surface area contributed by atoms with Gasteiger partial charge < -0.3 is 14.6 Å². The highest BCUT2D eigenvalue weighted by atomic mass is 16.5. The van der Waals surface area contributed by atoms with Crippen molar-refractivity contribution in [1.29, 1.82) is 0 Å². The summed E-state index contributed by atoms with van der Waals surface area (Å²) < 4.78 is 7.07. The van der Waals surface area contributed by atoms with E-state index in [9.17, 15) is 4.79 Å². The molecular formula is C19H20N6O2. The van der Waals surface area contributed by atoms with Crippen LogP contribution in [0, 0.1) is 6.92 Å². The average Bonchev–Trinajstić information content (AvgIpc) is 3.11. The van der Waals surface area contributed by atoms with Gasteiger partial charge in [0.25, 0.3) is 5.56 Å². The number of para-hydroxylation sites is 1. The molecule has 2 aliphatic heterocycles. The smallest absolute Gasteiger partial charge is 0.257 e. The molecule has 4 heterocycles. The van der Waals surface area contributed by atoms with Gasteiger partial charge in [-0.1, -0.05) is 18.2 Å². The minimum atomic E-state index is -0.476. The lowest BCUT2D eigenvalue weighted by Crippen LogP contribution is -2.47. The number of aryl methyl sites for hydroxylation is 1. The van der Waals surface area contributed by atoms with E-state index < -0.39 is 6.17 Å². The van der Waals surface area contributed by atoms with Crippen molar-refractivity contribution in [2.75, 3.05) is 31.6 Å². The Hall–Kier alpha value is -3.13. The zero-order chi connectivity index (χ0) is 18.4. The molecule has 8 nitrogen and oxygen atoms in total. The van der Waals surface area contributed by atoms with Crippen molar-refractivity contribution >= 4 is 22.8 Å². The number of aliphatic imine (C=N–C) groups is 1. The van der Waals surface area contributed by atoms with Crippen LogP contribution in [0.5, 0.6) is 0 Å². The number of nitrogens with zero attached hydrogens (tertiary/aromatic N) is 4. The maximum absolute atomic E-state index is 12.8. The number of hydrogen-bond acceptors (Lipinski definition) is 6. The van der Waals surface area contributed by atoms with Gasteiger partial charge in [0, 0.05) is 47.5 Å². The van der Waals surface area contributed by atoms with Gasteiger partial charge in [-0.3, -0.25) is 14.7 Å². The van der Waals surface area contributed by atoms with Crippen LogP contribution in [-0.2, 0) is 4.74 Å². The number of rotatable bonds is 1. The van der Waals surface area contributed by atoms with E-state index >= 15 is 0 Å². The molecule has 3 aromatic rings. The van der Waals surface area contributed by atoms with E-state index in [1.807, 2.05) is 37.4 Å². The first-order valence-corrected chi connectivity index (χ1v) is 9.04. The van der Waals surface area contributed by atoms with E-state index in [-0.39, 0.29) is 5.56 Å². The molecule has 5 rings (SSSR count). The number of H-pyrrole nitrogens is 1. The van der Waals surface area contributed by atoms with Crippen LogP contribution >= 0.6 is 0 Å². The monoisotopic (exact) mass is 364 g/mol. The number of ether oxygens (including phenoxy) is 1. The summed E-state index contributed by atoms with van der Waals surface area (Å²) in [6.07, 6.45) is 1.45. The molecule has 1 aromatic carbocycles. The molecule has 0 radical (unpaired) electrons. The summed E-state index contributed by atoms with van der Waals surface area (Å²) in [6.45, 7) is 4.65. The van der Waals surface area contributed by atoms with Crippen LogP contribution < -0.4 is 10.9 Å². The van der Waals surface area contributed by atoms with Gasteiger partial charge in [-0.15, -0.1) is 0 Å². The molecule has 0 spiro atoms. The number of guanidine groups is 1. The lowest BCUT2D eigenvalue weighted by Gasteiger charge is -2.34.